The van der Waals surface area contributed by atoms with Crippen molar-refractivity contribution in [1.29, 1.82) is 0 Å². The third kappa shape index (κ3) is 4.97. The second-order valence-electron chi connectivity index (χ2n) is 5.63. The number of hydrogen-bond acceptors (Lipinski definition) is 4. The van der Waals surface area contributed by atoms with Gasteiger partial charge in [-0.25, -0.2) is 5.43 Å². The third-order valence-electron chi connectivity index (χ3n) is 3.75. The molecule has 2 aromatic carbocycles. The van der Waals surface area contributed by atoms with Gasteiger partial charge in [0.2, 0.25) is 5.91 Å². The highest BCUT2D eigenvalue weighted by atomic mass is 35.5. The van der Waals surface area contributed by atoms with Crippen LogP contribution in [-0.2, 0) is 11.2 Å². The SMILES string of the molecule is COc1cc(OC)c(/C=N\NC(=O)Cc2ccc(C)cc2C)cc1Cl. The highest BCUT2D eigenvalue weighted by molar-refractivity contribution is 6.32. The van der Waals surface area contributed by atoms with E-state index >= 15 is 0 Å². The standard InChI is InChI=1S/C19H21ClN2O3/c1-12-5-6-14(13(2)7-12)9-19(23)22-21-11-15-8-16(20)18(25-4)10-17(15)24-3/h5-8,10-11H,9H2,1-4H3,(H,22,23)/b21-11-. The van der Waals surface area contributed by atoms with Crippen LogP contribution in [0.4, 0.5) is 0 Å². The number of nitrogens with one attached hydrogen (secondary N) is 1. The van der Waals surface area contributed by atoms with Gasteiger partial charge in [0, 0.05) is 11.6 Å². The summed E-state index contributed by atoms with van der Waals surface area (Å²) in [5.41, 5.74) is 6.39. The Morgan fingerprint density at radius 2 is 1.88 bits per heavy atom. The van der Waals surface area contributed by atoms with Crippen LogP contribution in [0.5, 0.6) is 11.5 Å². The summed E-state index contributed by atoms with van der Waals surface area (Å²) in [6, 6.07) is 9.33. The van der Waals surface area contributed by atoms with Gasteiger partial charge >= 0.3 is 0 Å². The predicted molar refractivity (Wildman–Crippen MR) is 99.9 cm³/mol. The second-order valence-corrected chi connectivity index (χ2v) is 6.04. The van der Waals surface area contributed by atoms with Gasteiger partial charge in [-0.2, -0.15) is 5.10 Å². The van der Waals surface area contributed by atoms with Crippen molar-refractivity contribution in [2.45, 2.75) is 20.3 Å². The Hall–Kier alpha value is -2.53. The van der Waals surface area contributed by atoms with Crippen molar-refractivity contribution in [3.05, 3.63) is 57.6 Å². The minimum atomic E-state index is -0.193. The van der Waals surface area contributed by atoms with Gasteiger partial charge in [-0.15, -0.1) is 0 Å². The van der Waals surface area contributed by atoms with Crippen molar-refractivity contribution in [2.75, 3.05) is 14.2 Å². The molecule has 1 N–H and O–H groups in total. The fourth-order valence-electron chi connectivity index (χ4n) is 2.41. The molecule has 0 aliphatic heterocycles. The van der Waals surface area contributed by atoms with Crippen LogP contribution in [-0.4, -0.2) is 26.3 Å². The summed E-state index contributed by atoms with van der Waals surface area (Å²) in [6.07, 6.45) is 1.76. The highest BCUT2D eigenvalue weighted by Gasteiger charge is 2.09. The minimum Gasteiger partial charge on any atom is -0.496 e. The molecule has 0 heterocycles. The van der Waals surface area contributed by atoms with E-state index in [0.717, 1.165) is 11.1 Å². The molecule has 0 radical (unpaired) electrons. The van der Waals surface area contributed by atoms with E-state index < -0.39 is 0 Å². The summed E-state index contributed by atoms with van der Waals surface area (Å²) >= 11 is 6.11. The quantitative estimate of drug-likeness (QED) is 0.631. The minimum absolute atomic E-state index is 0.193. The molecule has 132 valence electrons. The highest BCUT2D eigenvalue weighted by Crippen LogP contribution is 2.31. The smallest absolute Gasteiger partial charge is 0.244 e. The Balaban J connectivity index is 2.05. The van der Waals surface area contributed by atoms with Crippen molar-refractivity contribution >= 4 is 23.7 Å². The van der Waals surface area contributed by atoms with Gasteiger partial charge in [-0.1, -0.05) is 35.4 Å². The zero-order chi connectivity index (χ0) is 18.4. The van der Waals surface area contributed by atoms with Gasteiger partial charge < -0.3 is 9.47 Å². The first-order valence-electron chi connectivity index (χ1n) is 7.74. The summed E-state index contributed by atoms with van der Waals surface area (Å²) < 4.78 is 10.4. The molecule has 0 fully saturated rings. The van der Waals surface area contributed by atoms with Gasteiger partial charge in [0.1, 0.15) is 11.5 Å². The monoisotopic (exact) mass is 360 g/mol. The number of amides is 1. The number of hydrogen-bond donors (Lipinski definition) is 1. The van der Waals surface area contributed by atoms with E-state index in [1.807, 2.05) is 26.0 Å². The fraction of sp³-hybridized carbons (Fsp3) is 0.263. The molecular formula is C19H21ClN2O3. The summed E-state index contributed by atoms with van der Waals surface area (Å²) in [7, 11) is 3.07. The molecule has 5 nitrogen and oxygen atoms in total. The number of hydrazone groups is 1. The Morgan fingerprint density at radius 3 is 2.52 bits per heavy atom. The Morgan fingerprint density at radius 1 is 1.16 bits per heavy atom. The molecule has 0 saturated heterocycles. The average molecular weight is 361 g/mol. The lowest BCUT2D eigenvalue weighted by Crippen LogP contribution is -2.20. The van der Waals surface area contributed by atoms with Crippen LogP contribution < -0.4 is 14.9 Å². The van der Waals surface area contributed by atoms with Crippen LogP contribution in [0, 0.1) is 13.8 Å². The maximum absolute atomic E-state index is 12.1. The molecule has 0 aromatic heterocycles. The first-order chi connectivity index (χ1) is 11.9. The number of halogens is 1. The average Bonchev–Trinajstić information content (AvgIpc) is 2.57. The Labute approximate surface area is 152 Å². The first kappa shape index (κ1) is 18.8. The third-order valence-corrected chi connectivity index (χ3v) is 4.04. The largest absolute Gasteiger partial charge is 0.496 e. The van der Waals surface area contributed by atoms with Crippen LogP contribution in [0.2, 0.25) is 5.02 Å². The number of rotatable bonds is 6. The van der Waals surface area contributed by atoms with E-state index in [1.54, 1.807) is 19.2 Å². The molecular weight excluding hydrogens is 340 g/mol. The van der Waals surface area contributed by atoms with Crippen molar-refractivity contribution in [2.24, 2.45) is 5.10 Å². The van der Waals surface area contributed by atoms with Gasteiger partial charge in [-0.05, 0) is 31.0 Å². The van der Waals surface area contributed by atoms with Crippen LogP contribution in [0.25, 0.3) is 0 Å². The van der Waals surface area contributed by atoms with E-state index in [1.165, 1.54) is 18.9 Å². The van der Waals surface area contributed by atoms with E-state index in [2.05, 4.69) is 16.6 Å². The molecule has 0 aliphatic rings. The van der Waals surface area contributed by atoms with E-state index in [-0.39, 0.29) is 12.3 Å². The molecule has 0 spiro atoms. The van der Waals surface area contributed by atoms with Crippen LogP contribution >= 0.6 is 11.6 Å². The topological polar surface area (TPSA) is 59.9 Å². The van der Waals surface area contributed by atoms with Gasteiger partial charge in [0.25, 0.3) is 0 Å². The maximum atomic E-state index is 12.1. The number of aryl methyl sites for hydroxylation is 2. The van der Waals surface area contributed by atoms with Crippen LogP contribution in [0.3, 0.4) is 0 Å². The lowest BCUT2D eigenvalue weighted by molar-refractivity contribution is -0.120. The van der Waals surface area contributed by atoms with Gasteiger partial charge in [0.05, 0.1) is 31.9 Å². The zero-order valence-electron chi connectivity index (χ0n) is 14.7. The molecule has 0 bridgehead atoms. The number of carbonyl (C=O) groups is 1. The first-order valence-corrected chi connectivity index (χ1v) is 8.12. The molecule has 0 atom stereocenters. The van der Waals surface area contributed by atoms with E-state index in [9.17, 15) is 4.79 Å². The molecule has 2 rings (SSSR count). The number of ether oxygens (including phenoxy) is 2. The number of benzene rings is 2. The molecule has 25 heavy (non-hydrogen) atoms. The molecule has 0 aliphatic carbocycles. The maximum Gasteiger partial charge on any atom is 0.244 e. The lowest BCUT2D eigenvalue weighted by Gasteiger charge is -2.09. The predicted octanol–water partition coefficient (Wildman–Crippen LogP) is 3.67. The Kier molecular flexibility index (Phi) is 6.42. The number of methoxy groups -OCH3 is 2. The number of nitrogens with zero attached hydrogens (tertiary/aromatic N) is 1. The summed E-state index contributed by atoms with van der Waals surface area (Å²) in [6.45, 7) is 4.01. The lowest BCUT2D eigenvalue weighted by atomic mass is 10.0. The van der Waals surface area contributed by atoms with E-state index in [0.29, 0.717) is 22.1 Å². The van der Waals surface area contributed by atoms with Crippen LogP contribution in [0.15, 0.2) is 35.4 Å². The van der Waals surface area contributed by atoms with Crippen molar-refractivity contribution in [1.82, 2.24) is 5.43 Å². The molecule has 0 unspecified atom stereocenters. The second kappa shape index (κ2) is 8.53. The molecule has 0 saturated carbocycles. The fourth-order valence-corrected chi connectivity index (χ4v) is 2.66. The van der Waals surface area contributed by atoms with E-state index in [4.69, 9.17) is 21.1 Å². The molecule has 1 amide bonds. The summed E-state index contributed by atoms with van der Waals surface area (Å²) in [5.74, 6) is 0.866. The molecule has 2 aromatic rings. The zero-order valence-corrected chi connectivity index (χ0v) is 15.5. The van der Waals surface area contributed by atoms with Crippen molar-refractivity contribution < 1.29 is 14.3 Å². The molecule has 6 heteroatoms. The summed E-state index contributed by atoms with van der Waals surface area (Å²) in [4.78, 5) is 12.1. The van der Waals surface area contributed by atoms with Crippen molar-refractivity contribution in [3.8, 4) is 11.5 Å². The van der Waals surface area contributed by atoms with Crippen LogP contribution in [0.1, 0.15) is 22.3 Å². The van der Waals surface area contributed by atoms with Gasteiger partial charge in [0.15, 0.2) is 0 Å². The van der Waals surface area contributed by atoms with Gasteiger partial charge in [-0.3, -0.25) is 4.79 Å². The van der Waals surface area contributed by atoms with Crippen molar-refractivity contribution in [3.63, 3.8) is 0 Å². The normalized spacial score (nSPS) is 10.8. The Bertz CT molecular complexity index is 803. The summed E-state index contributed by atoms with van der Waals surface area (Å²) in [5, 5.41) is 4.42. The number of carbonyl (C=O) groups excluding carboxylic acids is 1.